The smallest absolute Gasteiger partial charge is 0.356 e. The van der Waals surface area contributed by atoms with Crippen molar-refractivity contribution in [3.8, 4) is 0 Å². The Balaban J connectivity index is 2.63. The van der Waals surface area contributed by atoms with Gasteiger partial charge in [0.1, 0.15) is 5.69 Å². The fourth-order valence-electron chi connectivity index (χ4n) is 2.47. The summed E-state index contributed by atoms with van der Waals surface area (Å²) in [5, 5.41) is 10.6. The number of imidazole rings is 1. The van der Waals surface area contributed by atoms with E-state index in [1.165, 1.54) is 7.11 Å². The van der Waals surface area contributed by atoms with E-state index in [9.17, 15) is 9.90 Å². The monoisotopic (exact) mass is 374 g/mol. The van der Waals surface area contributed by atoms with Crippen molar-refractivity contribution in [2.24, 2.45) is 0 Å². The van der Waals surface area contributed by atoms with Crippen LogP contribution in [0.5, 0.6) is 0 Å². The van der Waals surface area contributed by atoms with Crippen molar-refractivity contribution in [3.05, 3.63) is 45.2 Å². The van der Waals surface area contributed by atoms with Crippen molar-refractivity contribution in [2.75, 3.05) is 7.11 Å². The number of rotatable bonds is 5. The Bertz CT molecular complexity index is 734. The molecule has 1 heterocycles. The molecule has 8 heteroatoms. The highest BCUT2D eigenvalue weighted by atomic mass is 35.5. The van der Waals surface area contributed by atoms with Crippen LogP contribution in [0, 0.1) is 0 Å². The van der Waals surface area contributed by atoms with E-state index in [0.29, 0.717) is 21.6 Å². The lowest BCUT2D eigenvalue weighted by Crippen LogP contribution is -2.18. The number of nitrogens with zero attached hydrogens (tertiary/aromatic N) is 2. The van der Waals surface area contributed by atoms with Crippen LogP contribution in [-0.4, -0.2) is 27.7 Å². The molecule has 0 aliphatic heterocycles. The second-order valence-corrected chi connectivity index (χ2v) is 6.04. The first-order valence-electron chi connectivity index (χ1n) is 6.88. The first-order valence-corrected chi connectivity index (χ1v) is 8.09. The van der Waals surface area contributed by atoms with Crippen molar-refractivity contribution in [1.29, 1.82) is 0 Å². The van der Waals surface area contributed by atoms with Crippen LogP contribution in [0.3, 0.4) is 0 Å². The molecule has 1 N–H and O–H groups in total. The number of aromatic nitrogens is 2. The highest BCUT2D eigenvalue weighted by molar-refractivity contribution is 7.80. The van der Waals surface area contributed by atoms with Gasteiger partial charge in [-0.15, -0.1) is 12.6 Å². The Labute approximate surface area is 149 Å². The van der Waals surface area contributed by atoms with E-state index in [0.717, 1.165) is 5.56 Å². The number of benzene rings is 1. The van der Waals surface area contributed by atoms with Crippen LogP contribution in [0.2, 0.25) is 10.0 Å². The minimum absolute atomic E-state index is 0.179. The summed E-state index contributed by atoms with van der Waals surface area (Å²) in [6.45, 7) is 1.57. The zero-order chi connectivity index (χ0) is 17.1. The van der Waals surface area contributed by atoms with Crippen LogP contribution < -0.4 is 0 Å². The number of halogens is 2. The van der Waals surface area contributed by atoms with E-state index >= 15 is 0 Å². The molecule has 0 aliphatic rings. The molecule has 0 radical (unpaired) electrons. The van der Waals surface area contributed by atoms with Crippen LogP contribution in [-0.2, 0) is 11.3 Å². The molecule has 5 nitrogen and oxygen atoms in total. The molecule has 0 saturated heterocycles. The minimum Gasteiger partial charge on any atom is -0.464 e. The molecule has 2 aromatic rings. The molecule has 0 saturated carbocycles. The predicted octanol–water partition coefficient (Wildman–Crippen LogP) is 3.76. The average molecular weight is 375 g/mol. The summed E-state index contributed by atoms with van der Waals surface area (Å²) in [4.78, 5) is 16.3. The van der Waals surface area contributed by atoms with Gasteiger partial charge in [-0.1, -0.05) is 36.2 Å². The molecule has 0 aliphatic carbocycles. The molecule has 1 unspecified atom stereocenters. The number of methoxy groups -OCH3 is 1. The van der Waals surface area contributed by atoms with Gasteiger partial charge < -0.3 is 14.4 Å². The first kappa shape index (κ1) is 18.1. The normalized spacial score (nSPS) is 12.3. The lowest BCUT2D eigenvalue weighted by atomic mass is 10.0. The van der Waals surface area contributed by atoms with E-state index in [1.54, 1.807) is 16.7 Å². The van der Waals surface area contributed by atoms with Crippen molar-refractivity contribution in [1.82, 2.24) is 9.55 Å². The van der Waals surface area contributed by atoms with E-state index in [-0.39, 0.29) is 24.0 Å². The molecule has 0 bridgehead atoms. The van der Waals surface area contributed by atoms with E-state index in [4.69, 9.17) is 27.9 Å². The molecule has 0 amide bonds. The third kappa shape index (κ3) is 3.50. The van der Waals surface area contributed by atoms with Crippen LogP contribution >= 0.6 is 35.8 Å². The van der Waals surface area contributed by atoms with E-state index < -0.39 is 5.97 Å². The Morgan fingerprint density at radius 3 is 2.65 bits per heavy atom. The molecule has 124 valence electrons. The van der Waals surface area contributed by atoms with Gasteiger partial charge in [0, 0.05) is 0 Å². The zero-order valence-corrected chi connectivity index (χ0v) is 15.0. The van der Waals surface area contributed by atoms with Gasteiger partial charge in [-0.2, -0.15) is 0 Å². The van der Waals surface area contributed by atoms with Crippen molar-refractivity contribution in [3.63, 3.8) is 0 Å². The quantitative estimate of drug-likeness (QED) is 0.617. The van der Waals surface area contributed by atoms with Gasteiger partial charge in [-0.05, 0) is 24.1 Å². The summed E-state index contributed by atoms with van der Waals surface area (Å²) in [7, 11) is 1.28. The van der Waals surface area contributed by atoms with Crippen molar-refractivity contribution < 1.29 is 14.6 Å². The second-order valence-electron chi connectivity index (χ2n) is 4.82. The van der Waals surface area contributed by atoms with Gasteiger partial charge in [0.05, 0.1) is 29.8 Å². The van der Waals surface area contributed by atoms with Gasteiger partial charge >= 0.3 is 5.97 Å². The SMILES string of the molecule is CCC(c1ccc(Cl)c(Cl)c1)n1c(S)nc(CO)c1C(=O)OC. The van der Waals surface area contributed by atoms with Crippen LogP contribution in [0.4, 0.5) is 0 Å². The number of esters is 1. The third-order valence-corrected chi connectivity index (χ3v) is 4.57. The zero-order valence-electron chi connectivity index (χ0n) is 12.6. The maximum atomic E-state index is 12.1. The second kappa shape index (κ2) is 7.57. The lowest BCUT2D eigenvalue weighted by molar-refractivity contribution is 0.0581. The lowest BCUT2D eigenvalue weighted by Gasteiger charge is -2.21. The van der Waals surface area contributed by atoms with Crippen molar-refractivity contribution in [2.45, 2.75) is 31.1 Å². The fraction of sp³-hybridized carbons (Fsp3) is 0.333. The van der Waals surface area contributed by atoms with Crippen LogP contribution in [0.15, 0.2) is 23.4 Å². The Hall–Kier alpha value is -1.21. The molecule has 1 aromatic heterocycles. The van der Waals surface area contributed by atoms with Gasteiger partial charge in [-0.25, -0.2) is 9.78 Å². The number of aliphatic hydroxyl groups is 1. The third-order valence-electron chi connectivity index (χ3n) is 3.52. The number of hydrogen-bond donors (Lipinski definition) is 2. The molecule has 0 spiro atoms. The highest BCUT2D eigenvalue weighted by Gasteiger charge is 2.27. The first-order chi connectivity index (χ1) is 10.9. The number of carbonyl (C=O) groups is 1. The standard InChI is InChI=1S/C15H16Cl2N2O3S/c1-3-12(8-4-5-9(16)10(17)6-8)19-13(14(21)22-2)11(7-20)18-15(19)23/h4-6,12,20H,3,7H2,1-2H3,(H,18,23). The maximum Gasteiger partial charge on any atom is 0.356 e. The number of hydrogen-bond acceptors (Lipinski definition) is 5. The number of thiol groups is 1. The summed E-state index contributed by atoms with van der Waals surface area (Å²) in [5.41, 5.74) is 1.25. The number of aliphatic hydroxyl groups excluding tert-OH is 1. The summed E-state index contributed by atoms with van der Waals surface area (Å²) >= 11 is 16.4. The molecular weight excluding hydrogens is 359 g/mol. The van der Waals surface area contributed by atoms with E-state index in [2.05, 4.69) is 17.6 Å². The molecule has 2 rings (SSSR count). The molecule has 1 atom stereocenters. The maximum absolute atomic E-state index is 12.1. The van der Waals surface area contributed by atoms with Crippen molar-refractivity contribution >= 4 is 41.8 Å². The summed E-state index contributed by atoms with van der Waals surface area (Å²) in [6.07, 6.45) is 0.650. The van der Waals surface area contributed by atoms with Crippen LogP contribution in [0.25, 0.3) is 0 Å². The summed E-state index contributed by atoms with van der Waals surface area (Å²) in [6, 6.07) is 5.02. The highest BCUT2D eigenvalue weighted by Crippen LogP contribution is 2.32. The molecule has 0 fully saturated rings. The van der Waals surface area contributed by atoms with E-state index in [1.807, 2.05) is 13.0 Å². The van der Waals surface area contributed by atoms with Gasteiger partial charge in [0.15, 0.2) is 10.9 Å². The fourth-order valence-corrected chi connectivity index (χ4v) is 3.14. The Morgan fingerprint density at radius 2 is 2.13 bits per heavy atom. The predicted molar refractivity (Wildman–Crippen MR) is 91.6 cm³/mol. The minimum atomic E-state index is -0.583. The topological polar surface area (TPSA) is 64.3 Å². The Kier molecular flexibility index (Phi) is 5.97. The molecule has 1 aromatic carbocycles. The summed E-state index contributed by atoms with van der Waals surface area (Å²) < 4.78 is 6.45. The average Bonchev–Trinajstić information content (AvgIpc) is 2.87. The largest absolute Gasteiger partial charge is 0.464 e. The molecular formula is C15H16Cl2N2O3S. The number of carbonyl (C=O) groups excluding carboxylic acids is 1. The molecule has 23 heavy (non-hydrogen) atoms. The van der Waals surface area contributed by atoms with Crippen LogP contribution in [0.1, 0.15) is 41.1 Å². The van der Waals surface area contributed by atoms with Gasteiger partial charge in [0.2, 0.25) is 0 Å². The summed E-state index contributed by atoms with van der Waals surface area (Å²) in [5.74, 6) is -0.583. The Morgan fingerprint density at radius 1 is 1.43 bits per heavy atom. The van der Waals surface area contributed by atoms with Gasteiger partial charge in [-0.3, -0.25) is 0 Å². The van der Waals surface area contributed by atoms with Gasteiger partial charge in [0.25, 0.3) is 0 Å². The number of ether oxygens (including phenoxy) is 1.